The maximum absolute atomic E-state index is 12.4. The summed E-state index contributed by atoms with van der Waals surface area (Å²) in [5, 5.41) is 6.95. The molecule has 2 saturated heterocycles. The van der Waals surface area contributed by atoms with E-state index in [0.717, 1.165) is 37.8 Å². The van der Waals surface area contributed by atoms with E-state index in [2.05, 4.69) is 5.32 Å². The minimum Gasteiger partial charge on any atom is -0.349 e. The average Bonchev–Trinajstić information content (AvgIpc) is 2.91. The number of piperidine rings is 2. The number of nitrogens with one attached hydrogen (secondary N) is 1. The van der Waals surface area contributed by atoms with Gasteiger partial charge in [-0.3, -0.25) is 9.59 Å². The van der Waals surface area contributed by atoms with Gasteiger partial charge in [-0.05, 0) is 37.1 Å². The van der Waals surface area contributed by atoms with Crippen molar-refractivity contribution >= 4 is 23.2 Å². The molecule has 2 amide bonds. The van der Waals surface area contributed by atoms with Crippen molar-refractivity contribution in [3.63, 3.8) is 0 Å². The first-order chi connectivity index (χ1) is 9.19. The Kier molecular flexibility index (Phi) is 3.31. The van der Waals surface area contributed by atoms with Crippen LogP contribution in [0.2, 0.25) is 0 Å². The molecule has 1 aromatic heterocycles. The Bertz CT molecular complexity index is 482. The predicted octanol–water partition coefficient (Wildman–Crippen LogP) is 2.02. The fraction of sp³-hybridized carbons (Fsp3) is 0.571. The molecule has 3 heterocycles. The second-order valence-corrected chi connectivity index (χ2v) is 6.30. The molecule has 1 spiro atoms. The molecule has 4 nitrogen and oxygen atoms in total. The van der Waals surface area contributed by atoms with Gasteiger partial charge >= 0.3 is 0 Å². The number of carbonyl (C=O) groups excluding carboxylic acids is 2. The molecule has 102 valence electrons. The Labute approximate surface area is 116 Å². The molecule has 3 rings (SSSR count). The van der Waals surface area contributed by atoms with Gasteiger partial charge in [-0.25, -0.2) is 0 Å². The van der Waals surface area contributed by atoms with Crippen LogP contribution in [-0.2, 0) is 4.79 Å². The molecule has 1 aromatic rings. The summed E-state index contributed by atoms with van der Waals surface area (Å²) in [4.78, 5) is 25.9. The summed E-state index contributed by atoms with van der Waals surface area (Å²) >= 11 is 1.54. The highest BCUT2D eigenvalue weighted by atomic mass is 32.1. The second kappa shape index (κ2) is 4.96. The first-order valence-corrected chi connectivity index (χ1v) is 7.75. The van der Waals surface area contributed by atoms with E-state index in [-0.39, 0.29) is 17.4 Å². The third kappa shape index (κ3) is 2.52. The zero-order chi connectivity index (χ0) is 13.3. The lowest BCUT2D eigenvalue weighted by Gasteiger charge is -2.45. The molecule has 0 aliphatic carbocycles. The van der Waals surface area contributed by atoms with E-state index in [9.17, 15) is 9.59 Å². The highest BCUT2D eigenvalue weighted by Crippen LogP contribution is 2.30. The van der Waals surface area contributed by atoms with Crippen LogP contribution in [0.25, 0.3) is 0 Å². The molecule has 0 unspecified atom stereocenters. The van der Waals surface area contributed by atoms with Gasteiger partial charge in [0, 0.05) is 24.9 Å². The minimum absolute atomic E-state index is 0.0974. The number of thiophene rings is 1. The van der Waals surface area contributed by atoms with Crippen molar-refractivity contribution < 1.29 is 9.59 Å². The Hall–Kier alpha value is -1.36. The molecule has 0 bridgehead atoms. The van der Waals surface area contributed by atoms with Crippen LogP contribution < -0.4 is 5.32 Å². The molecule has 0 radical (unpaired) electrons. The van der Waals surface area contributed by atoms with E-state index < -0.39 is 0 Å². The van der Waals surface area contributed by atoms with Gasteiger partial charge in [-0.2, -0.15) is 11.3 Å². The summed E-state index contributed by atoms with van der Waals surface area (Å²) in [5.74, 6) is 0.233. The molecular formula is C14H18N2O2S. The summed E-state index contributed by atoms with van der Waals surface area (Å²) < 4.78 is 0. The van der Waals surface area contributed by atoms with E-state index in [1.54, 1.807) is 11.3 Å². The van der Waals surface area contributed by atoms with Crippen molar-refractivity contribution in [3.05, 3.63) is 22.4 Å². The molecule has 19 heavy (non-hydrogen) atoms. The van der Waals surface area contributed by atoms with Crippen molar-refractivity contribution in [2.24, 2.45) is 0 Å². The minimum atomic E-state index is -0.167. The number of rotatable bonds is 1. The van der Waals surface area contributed by atoms with Gasteiger partial charge in [0.05, 0.1) is 11.1 Å². The van der Waals surface area contributed by atoms with E-state index in [0.29, 0.717) is 13.0 Å². The van der Waals surface area contributed by atoms with E-state index in [4.69, 9.17) is 0 Å². The van der Waals surface area contributed by atoms with Crippen molar-refractivity contribution in [1.29, 1.82) is 0 Å². The fourth-order valence-electron chi connectivity index (χ4n) is 3.19. The standard InChI is InChI=1S/C14H18N2O2S/c17-12-3-1-5-14(15-12)6-2-7-16(10-14)13(18)11-4-8-19-9-11/h4,8-9H,1-3,5-7,10H2,(H,15,17)/t14-/m1/s1. The number of carbonyl (C=O) groups is 2. The third-order valence-corrected chi connectivity index (χ3v) is 4.78. The van der Waals surface area contributed by atoms with Gasteiger partial charge in [-0.15, -0.1) is 0 Å². The Morgan fingerprint density at radius 2 is 2.21 bits per heavy atom. The molecule has 2 aliphatic rings. The normalized spacial score (nSPS) is 27.4. The molecule has 0 saturated carbocycles. The van der Waals surface area contributed by atoms with Crippen molar-refractivity contribution in [1.82, 2.24) is 10.2 Å². The lowest BCUT2D eigenvalue weighted by atomic mass is 9.81. The predicted molar refractivity (Wildman–Crippen MR) is 74.2 cm³/mol. The van der Waals surface area contributed by atoms with Crippen molar-refractivity contribution in [2.75, 3.05) is 13.1 Å². The smallest absolute Gasteiger partial charge is 0.254 e. The Balaban J connectivity index is 1.74. The van der Waals surface area contributed by atoms with Gasteiger partial charge in [0.1, 0.15) is 0 Å². The molecule has 5 heteroatoms. The van der Waals surface area contributed by atoms with Crippen LogP contribution in [-0.4, -0.2) is 35.3 Å². The Morgan fingerprint density at radius 3 is 2.95 bits per heavy atom. The van der Waals surface area contributed by atoms with Crippen LogP contribution in [0.15, 0.2) is 16.8 Å². The van der Waals surface area contributed by atoms with Crippen LogP contribution in [0.3, 0.4) is 0 Å². The van der Waals surface area contributed by atoms with E-state index >= 15 is 0 Å². The largest absolute Gasteiger partial charge is 0.349 e. The highest BCUT2D eigenvalue weighted by Gasteiger charge is 2.40. The fourth-order valence-corrected chi connectivity index (χ4v) is 3.82. The molecule has 1 N–H and O–H groups in total. The zero-order valence-corrected chi connectivity index (χ0v) is 11.7. The Morgan fingerprint density at radius 1 is 1.37 bits per heavy atom. The maximum atomic E-state index is 12.4. The maximum Gasteiger partial charge on any atom is 0.254 e. The number of amides is 2. The van der Waals surface area contributed by atoms with Crippen LogP contribution in [0.1, 0.15) is 42.5 Å². The lowest BCUT2D eigenvalue weighted by molar-refractivity contribution is -0.126. The highest BCUT2D eigenvalue weighted by molar-refractivity contribution is 7.08. The number of nitrogens with zero attached hydrogens (tertiary/aromatic N) is 1. The SMILES string of the molecule is O=C1CCC[C@]2(CCCN(C(=O)c3ccsc3)C2)N1. The average molecular weight is 278 g/mol. The van der Waals surface area contributed by atoms with Crippen molar-refractivity contribution in [3.8, 4) is 0 Å². The molecule has 0 aromatic carbocycles. The number of likely N-dealkylation sites (tertiary alicyclic amines) is 1. The summed E-state index contributed by atoms with van der Waals surface area (Å²) in [6.07, 6.45) is 4.51. The van der Waals surface area contributed by atoms with Crippen LogP contribution in [0, 0.1) is 0 Å². The molecule has 1 atom stereocenters. The van der Waals surface area contributed by atoms with E-state index in [1.807, 2.05) is 21.7 Å². The van der Waals surface area contributed by atoms with Crippen molar-refractivity contribution in [2.45, 2.75) is 37.6 Å². The summed E-state index contributed by atoms with van der Waals surface area (Å²) in [5.41, 5.74) is 0.600. The van der Waals surface area contributed by atoms with Gasteiger partial charge < -0.3 is 10.2 Å². The van der Waals surface area contributed by atoms with Crippen LogP contribution in [0.4, 0.5) is 0 Å². The first kappa shape index (κ1) is 12.7. The summed E-state index contributed by atoms with van der Waals surface area (Å²) in [6.45, 7) is 1.46. The first-order valence-electron chi connectivity index (χ1n) is 6.81. The number of hydrogen-bond acceptors (Lipinski definition) is 3. The topological polar surface area (TPSA) is 49.4 Å². The van der Waals surface area contributed by atoms with Gasteiger partial charge in [-0.1, -0.05) is 0 Å². The molecule has 2 aliphatic heterocycles. The monoisotopic (exact) mass is 278 g/mol. The third-order valence-electron chi connectivity index (χ3n) is 4.10. The summed E-state index contributed by atoms with van der Waals surface area (Å²) in [7, 11) is 0. The molecule has 2 fully saturated rings. The van der Waals surface area contributed by atoms with Gasteiger partial charge in [0.2, 0.25) is 5.91 Å². The summed E-state index contributed by atoms with van der Waals surface area (Å²) in [6, 6.07) is 1.87. The quantitative estimate of drug-likeness (QED) is 0.854. The molecular weight excluding hydrogens is 260 g/mol. The van der Waals surface area contributed by atoms with Gasteiger partial charge in [0.25, 0.3) is 5.91 Å². The lowest BCUT2D eigenvalue weighted by Crippen LogP contribution is -2.61. The second-order valence-electron chi connectivity index (χ2n) is 5.52. The van der Waals surface area contributed by atoms with Crippen LogP contribution in [0.5, 0.6) is 0 Å². The van der Waals surface area contributed by atoms with Crippen LogP contribution >= 0.6 is 11.3 Å². The van der Waals surface area contributed by atoms with E-state index in [1.165, 1.54) is 0 Å². The zero-order valence-electron chi connectivity index (χ0n) is 10.9. The number of hydrogen-bond donors (Lipinski definition) is 1. The van der Waals surface area contributed by atoms with Gasteiger partial charge in [0.15, 0.2) is 0 Å².